The molecule has 132 valence electrons. The Hall–Kier alpha value is -2.31. The highest BCUT2D eigenvalue weighted by atomic mass is 16.5. The first-order chi connectivity index (χ1) is 12.3. The van der Waals surface area contributed by atoms with Gasteiger partial charge < -0.3 is 18.8 Å². The first-order valence-electron chi connectivity index (χ1n) is 8.67. The van der Waals surface area contributed by atoms with Crippen molar-refractivity contribution in [2.75, 3.05) is 39.5 Å². The highest BCUT2D eigenvalue weighted by Gasteiger charge is 2.23. The maximum atomic E-state index is 12.6. The van der Waals surface area contributed by atoms with Crippen LogP contribution in [0.25, 0.3) is 0 Å². The van der Waals surface area contributed by atoms with Crippen LogP contribution in [0.2, 0.25) is 0 Å². The van der Waals surface area contributed by atoms with Crippen LogP contribution >= 0.6 is 0 Å². The lowest BCUT2D eigenvalue weighted by Gasteiger charge is -2.27. The average Bonchev–Trinajstić information content (AvgIpc) is 3.09. The number of rotatable bonds is 3. The van der Waals surface area contributed by atoms with Crippen LogP contribution in [-0.2, 0) is 17.8 Å². The van der Waals surface area contributed by atoms with Crippen molar-refractivity contribution in [2.45, 2.75) is 13.1 Å². The lowest BCUT2D eigenvalue weighted by molar-refractivity contribution is 0.0341. The highest BCUT2D eigenvalue weighted by Crippen LogP contribution is 2.26. The average molecular weight is 342 g/mol. The number of hydrogen-bond donors (Lipinski definition) is 0. The lowest BCUT2D eigenvalue weighted by atomic mass is 10.1. The van der Waals surface area contributed by atoms with Gasteiger partial charge in [-0.25, -0.2) is 0 Å². The molecule has 0 atom stereocenters. The Morgan fingerprint density at radius 2 is 1.96 bits per heavy atom. The second-order valence-corrected chi connectivity index (χ2v) is 6.38. The summed E-state index contributed by atoms with van der Waals surface area (Å²) in [5.41, 5.74) is 2.28. The smallest absolute Gasteiger partial charge is 0.289 e. The summed E-state index contributed by atoms with van der Waals surface area (Å²) in [5, 5.41) is 0. The van der Waals surface area contributed by atoms with E-state index in [0.29, 0.717) is 25.5 Å². The van der Waals surface area contributed by atoms with Gasteiger partial charge in [-0.15, -0.1) is 0 Å². The number of ether oxygens (including phenoxy) is 2. The minimum atomic E-state index is -0.0972. The van der Waals surface area contributed by atoms with Gasteiger partial charge in [-0.1, -0.05) is 6.07 Å². The Morgan fingerprint density at radius 3 is 2.76 bits per heavy atom. The Labute approximate surface area is 146 Å². The number of carbonyl (C=O) groups excluding carboxylic acids is 1. The van der Waals surface area contributed by atoms with Crippen molar-refractivity contribution >= 4 is 5.91 Å². The van der Waals surface area contributed by atoms with E-state index >= 15 is 0 Å². The van der Waals surface area contributed by atoms with Crippen LogP contribution in [0.1, 0.15) is 21.7 Å². The fourth-order valence-corrected chi connectivity index (χ4v) is 3.29. The SMILES string of the molecule is O=C(c1ccco1)N1CCOc2ccc(CN3CCOCC3)cc2C1. The molecule has 0 aliphatic carbocycles. The van der Waals surface area contributed by atoms with Gasteiger partial charge in [0.2, 0.25) is 0 Å². The van der Waals surface area contributed by atoms with Crippen molar-refractivity contribution in [3.05, 3.63) is 53.5 Å². The number of hydrogen-bond acceptors (Lipinski definition) is 5. The van der Waals surface area contributed by atoms with Crippen LogP contribution in [0.5, 0.6) is 5.75 Å². The number of furan rings is 1. The summed E-state index contributed by atoms with van der Waals surface area (Å²) in [4.78, 5) is 16.7. The van der Waals surface area contributed by atoms with Crippen LogP contribution in [0.15, 0.2) is 41.0 Å². The normalized spacial score (nSPS) is 18.3. The van der Waals surface area contributed by atoms with Crippen molar-refractivity contribution < 1.29 is 18.7 Å². The van der Waals surface area contributed by atoms with Crippen molar-refractivity contribution in [1.29, 1.82) is 0 Å². The van der Waals surface area contributed by atoms with Gasteiger partial charge in [0, 0.05) is 31.7 Å². The zero-order chi connectivity index (χ0) is 17.1. The predicted molar refractivity (Wildman–Crippen MR) is 91.5 cm³/mol. The molecular formula is C19H22N2O4. The van der Waals surface area contributed by atoms with Gasteiger partial charge in [0.25, 0.3) is 5.91 Å². The largest absolute Gasteiger partial charge is 0.491 e. The molecule has 6 nitrogen and oxygen atoms in total. The molecule has 0 saturated carbocycles. The molecule has 2 aliphatic heterocycles. The highest BCUT2D eigenvalue weighted by molar-refractivity contribution is 5.91. The van der Waals surface area contributed by atoms with E-state index in [1.807, 2.05) is 6.07 Å². The number of fused-ring (bicyclic) bond motifs is 1. The summed E-state index contributed by atoms with van der Waals surface area (Å²) in [6.07, 6.45) is 1.52. The number of nitrogens with zero attached hydrogens (tertiary/aromatic N) is 2. The van der Waals surface area contributed by atoms with E-state index in [1.54, 1.807) is 17.0 Å². The molecule has 6 heteroatoms. The molecule has 0 bridgehead atoms. The van der Waals surface area contributed by atoms with Crippen molar-refractivity contribution in [3.8, 4) is 5.75 Å². The van der Waals surface area contributed by atoms with Gasteiger partial charge in [-0.2, -0.15) is 0 Å². The van der Waals surface area contributed by atoms with E-state index < -0.39 is 0 Å². The molecule has 0 spiro atoms. The van der Waals surface area contributed by atoms with Crippen molar-refractivity contribution in [1.82, 2.24) is 9.80 Å². The summed E-state index contributed by atoms with van der Waals surface area (Å²) in [6.45, 7) is 5.95. The predicted octanol–water partition coefficient (Wildman–Crippen LogP) is 2.15. The van der Waals surface area contributed by atoms with Crippen LogP contribution in [-0.4, -0.2) is 55.2 Å². The zero-order valence-corrected chi connectivity index (χ0v) is 14.1. The summed E-state index contributed by atoms with van der Waals surface area (Å²) in [7, 11) is 0. The van der Waals surface area contributed by atoms with Gasteiger partial charge in [-0.3, -0.25) is 9.69 Å². The van der Waals surface area contributed by atoms with Crippen molar-refractivity contribution in [3.63, 3.8) is 0 Å². The quantitative estimate of drug-likeness (QED) is 0.855. The van der Waals surface area contributed by atoms with Crippen LogP contribution in [0.4, 0.5) is 0 Å². The molecule has 2 aromatic rings. The number of morpholine rings is 1. The third kappa shape index (κ3) is 3.70. The third-order valence-electron chi connectivity index (χ3n) is 4.63. The van der Waals surface area contributed by atoms with Crippen LogP contribution < -0.4 is 4.74 Å². The minimum Gasteiger partial charge on any atom is -0.491 e. The molecule has 1 saturated heterocycles. The standard InChI is InChI=1S/C19H22N2O4/c22-19(18-2-1-8-24-18)21-7-11-25-17-4-3-15(12-16(17)14-21)13-20-5-9-23-10-6-20/h1-4,8,12H,5-7,9-11,13-14H2. The van der Waals surface area contributed by atoms with E-state index in [-0.39, 0.29) is 5.91 Å². The van der Waals surface area contributed by atoms with Gasteiger partial charge in [0.05, 0.1) is 26.0 Å². The molecule has 0 N–H and O–H groups in total. The van der Waals surface area contributed by atoms with Crippen LogP contribution in [0.3, 0.4) is 0 Å². The molecule has 0 radical (unpaired) electrons. The van der Waals surface area contributed by atoms with E-state index in [1.165, 1.54) is 11.8 Å². The number of benzene rings is 1. The molecule has 4 rings (SSSR count). The Balaban J connectivity index is 1.51. The maximum absolute atomic E-state index is 12.6. The monoisotopic (exact) mass is 342 g/mol. The third-order valence-corrected chi connectivity index (χ3v) is 4.63. The second kappa shape index (κ2) is 7.29. The first kappa shape index (κ1) is 16.2. The van der Waals surface area contributed by atoms with Gasteiger partial charge in [0.15, 0.2) is 5.76 Å². The minimum absolute atomic E-state index is 0.0972. The van der Waals surface area contributed by atoms with E-state index in [9.17, 15) is 4.79 Å². The number of carbonyl (C=O) groups is 1. The summed E-state index contributed by atoms with van der Waals surface area (Å²) in [6, 6.07) is 9.71. The van der Waals surface area contributed by atoms with Crippen molar-refractivity contribution in [2.24, 2.45) is 0 Å². The second-order valence-electron chi connectivity index (χ2n) is 6.38. The number of amides is 1. The van der Waals surface area contributed by atoms with E-state index in [2.05, 4.69) is 17.0 Å². The van der Waals surface area contributed by atoms with E-state index in [4.69, 9.17) is 13.9 Å². The lowest BCUT2D eigenvalue weighted by Crippen LogP contribution is -2.35. The summed E-state index contributed by atoms with van der Waals surface area (Å²) < 4.78 is 16.5. The molecule has 1 aromatic carbocycles. The molecule has 2 aliphatic rings. The zero-order valence-electron chi connectivity index (χ0n) is 14.1. The summed E-state index contributed by atoms with van der Waals surface area (Å²) in [5.74, 6) is 1.13. The first-order valence-corrected chi connectivity index (χ1v) is 8.67. The molecule has 0 unspecified atom stereocenters. The molecule has 1 amide bonds. The topological polar surface area (TPSA) is 55.2 Å². The molecular weight excluding hydrogens is 320 g/mol. The Bertz CT molecular complexity index is 723. The molecule has 1 aromatic heterocycles. The maximum Gasteiger partial charge on any atom is 0.289 e. The Kier molecular flexibility index (Phi) is 4.72. The molecule has 1 fully saturated rings. The summed E-state index contributed by atoms with van der Waals surface area (Å²) >= 11 is 0. The Morgan fingerprint density at radius 1 is 1.08 bits per heavy atom. The molecule has 25 heavy (non-hydrogen) atoms. The van der Waals surface area contributed by atoms with E-state index in [0.717, 1.165) is 44.2 Å². The van der Waals surface area contributed by atoms with Gasteiger partial charge >= 0.3 is 0 Å². The fourth-order valence-electron chi connectivity index (χ4n) is 3.29. The van der Waals surface area contributed by atoms with Crippen LogP contribution in [0, 0.1) is 0 Å². The van der Waals surface area contributed by atoms with Gasteiger partial charge in [-0.05, 0) is 29.8 Å². The van der Waals surface area contributed by atoms with Gasteiger partial charge in [0.1, 0.15) is 12.4 Å². The fraction of sp³-hybridized carbons (Fsp3) is 0.421. The molecule has 3 heterocycles.